The van der Waals surface area contributed by atoms with Gasteiger partial charge in [-0.1, -0.05) is 0 Å². The third-order valence-electron chi connectivity index (χ3n) is 4.40. The predicted molar refractivity (Wildman–Crippen MR) is 83.9 cm³/mol. The van der Waals surface area contributed by atoms with Gasteiger partial charge in [0.1, 0.15) is 5.82 Å². The van der Waals surface area contributed by atoms with Gasteiger partial charge in [0.05, 0.1) is 17.8 Å². The average molecular weight is 317 g/mol. The Balaban J connectivity index is 1.82. The highest BCUT2D eigenvalue weighted by Gasteiger charge is 2.42. The number of carbonyl (C=O) groups is 1. The Morgan fingerprint density at radius 3 is 2.65 bits per heavy atom. The number of halogens is 1. The topological polar surface area (TPSA) is 67.2 Å². The standard InChI is InChI=1S/C17H20FN3O2/c1-11-9-15(16(23)19-17(2,10-22)12-3-4-12)20-21(11)14-7-5-13(18)6-8-14/h5-9,12,22H,3-4,10H2,1-2H3,(H,19,23). The SMILES string of the molecule is Cc1cc(C(=O)NC(C)(CO)C2CC2)nn1-c1ccc(F)cc1. The van der Waals surface area contributed by atoms with Gasteiger partial charge in [-0.2, -0.15) is 5.10 Å². The van der Waals surface area contributed by atoms with E-state index in [0.717, 1.165) is 18.5 Å². The maximum atomic E-state index is 13.0. The van der Waals surface area contributed by atoms with E-state index >= 15 is 0 Å². The van der Waals surface area contributed by atoms with Crippen LogP contribution in [0.3, 0.4) is 0 Å². The monoisotopic (exact) mass is 317 g/mol. The summed E-state index contributed by atoms with van der Waals surface area (Å²) in [5, 5.41) is 16.8. The van der Waals surface area contributed by atoms with Gasteiger partial charge in [-0.15, -0.1) is 0 Å². The minimum atomic E-state index is -0.607. The average Bonchev–Trinajstić information content (AvgIpc) is 3.32. The van der Waals surface area contributed by atoms with Crippen molar-refractivity contribution in [3.05, 3.63) is 47.5 Å². The Bertz CT molecular complexity index is 722. The number of nitrogens with zero attached hydrogens (tertiary/aromatic N) is 2. The Hall–Kier alpha value is -2.21. The molecule has 1 heterocycles. The second kappa shape index (κ2) is 5.77. The van der Waals surface area contributed by atoms with Gasteiger partial charge < -0.3 is 10.4 Å². The van der Waals surface area contributed by atoms with Gasteiger partial charge >= 0.3 is 0 Å². The highest BCUT2D eigenvalue weighted by atomic mass is 19.1. The first-order chi connectivity index (χ1) is 10.9. The zero-order valence-electron chi connectivity index (χ0n) is 13.2. The Labute approximate surface area is 134 Å². The lowest BCUT2D eigenvalue weighted by Gasteiger charge is -2.28. The molecule has 0 saturated heterocycles. The number of hydrogen-bond donors (Lipinski definition) is 2. The van der Waals surface area contributed by atoms with E-state index in [-0.39, 0.29) is 24.0 Å². The number of nitrogens with one attached hydrogen (secondary N) is 1. The minimum Gasteiger partial charge on any atom is -0.394 e. The molecule has 1 atom stereocenters. The summed E-state index contributed by atoms with van der Waals surface area (Å²) < 4.78 is 14.6. The van der Waals surface area contributed by atoms with Crippen LogP contribution in [0, 0.1) is 18.7 Å². The maximum Gasteiger partial charge on any atom is 0.272 e. The molecule has 1 unspecified atom stereocenters. The molecule has 1 aromatic carbocycles. The number of aliphatic hydroxyl groups excluding tert-OH is 1. The molecular formula is C17H20FN3O2. The van der Waals surface area contributed by atoms with E-state index < -0.39 is 5.54 Å². The van der Waals surface area contributed by atoms with E-state index in [0.29, 0.717) is 11.6 Å². The van der Waals surface area contributed by atoms with Gasteiger partial charge in [-0.3, -0.25) is 4.79 Å². The number of benzene rings is 1. The van der Waals surface area contributed by atoms with Crippen LogP contribution in [-0.2, 0) is 0 Å². The number of aryl methyl sites for hydroxylation is 1. The molecule has 2 aromatic rings. The quantitative estimate of drug-likeness (QED) is 0.888. The van der Waals surface area contributed by atoms with Gasteiger partial charge in [0.15, 0.2) is 5.69 Å². The van der Waals surface area contributed by atoms with Crippen LogP contribution >= 0.6 is 0 Å². The van der Waals surface area contributed by atoms with Gasteiger partial charge in [0.2, 0.25) is 0 Å². The zero-order chi connectivity index (χ0) is 16.6. The Morgan fingerprint density at radius 2 is 2.09 bits per heavy atom. The summed E-state index contributed by atoms with van der Waals surface area (Å²) in [6.07, 6.45) is 2.03. The van der Waals surface area contributed by atoms with E-state index in [9.17, 15) is 14.3 Å². The lowest BCUT2D eigenvalue weighted by Crippen LogP contribution is -2.50. The smallest absolute Gasteiger partial charge is 0.272 e. The predicted octanol–water partition coefficient (Wildman–Crippen LogP) is 2.21. The molecule has 0 spiro atoms. The van der Waals surface area contributed by atoms with E-state index in [1.165, 1.54) is 12.1 Å². The van der Waals surface area contributed by atoms with E-state index in [4.69, 9.17) is 0 Å². The fourth-order valence-electron chi connectivity index (χ4n) is 2.74. The maximum absolute atomic E-state index is 13.0. The fourth-order valence-corrected chi connectivity index (χ4v) is 2.74. The van der Waals surface area contributed by atoms with Gasteiger partial charge in [-0.05, 0) is 62.9 Å². The Kier molecular flexibility index (Phi) is 3.93. The summed E-state index contributed by atoms with van der Waals surface area (Å²) in [6, 6.07) is 7.61. The van der Waals surface area contributed by atoms with Crippen molar-refractivity contribution in [3.8, 4) is 5.69 Å². The molecule has 1 aromatic heterocycles. The largest absolute Gasteiger partial charge is 0.394 e. The molecule has 1 amide bonds. The minimum absolute atomic E-state index is 0.0962. The van der Waals surface area contributed by atoms with Crippen LogP contribution in [0.25, 0.3) is 5.69 Å². The molecule has 1 saturated carbocycles. The second-order valence-electron chi connectivity index (χ2n) is 6.36. The summed E-state index contributed by atoms with van der Waals surface area (Å²) in [6.45, 7) is 3.59. The summed E-state index contributed by atoms with van der Waals surface area (Å²) in [4.78, 5) is 12.4. The van der Waals surface area contributed by atoms with Crippen LogP contribution < -0.4 is 5.32 Å². The summed E-state index contributed by atoms with van der Waals surface area (Å²) in [5.74, 6) is -0.311. The molecule has 3 rings (SSSR count). The molecule has 5 nitrogen and oxygen atoms in total. The highest BCUT2D eigenvalue weighted by molar-refractivity contribution is 5.93. The molecule has 122 valence electrons. The molecule has 1 aliphatic carbocycles. The molecule has 0 bridgehead atoms. The number of rotatable bonds is 5. The molecular weight excluding hydrogens is 297 g/mol. The summed E-state index contributed by atoms with van der Waals surface area (Å²) in [7, 11) is 0. The number of aliphatic hydroxyl groups is 1. The normalized spacial score (nSPS) is 16.9. The zero-order valence-corrected chi connectivity index (χ0v) is 13.2. The highest BCUT2D eigenvalue weighted by Crippen LogP contribution is 2.39. The van der Waals surface area contributed by atoms with Crippen molar-refractivity contribution < 1.29 is 14.3 Å². The van der Waals surface area contributed by atoms with Crippen LogP contribution in [0.5, 0.6) is 0 Å². The first-order valence-electron chi connectivity index (χ1n) is 7.69. The molecule has 0 aliphatic heterocycles. The van der Waals surface area contributed by atoms with Crippen LogP contribution in [-0.4, -0.2) is 32.9 Å². The Morgan fingerprint density at radius 1 is 1.43 bits per heavy atom. The van der Waals surface area contributed by atoms with Crippen molar-refractivity contribution >= 4 is 5.91 Å². The van der Waals surface area contributed by atoms with Crippen molar-refractivity contribution in [3.63, 3.8) is 0 Å². The molecule has 1 aliphatic rings. The van der Waals surface area contributed by atoms with Gasteiger partial charge in [0, 0.05) is 5.69 Å². The van der Waals surface area contributed by atoms with Crippen LogP contribution in [0.1, 0.15) is 35.9 Å². The fraction of sp³-hybridized carbons (Fsp3) is 0.412. The van der Waals surface area contributed by atoms with Crippen molar-refractivity contribution in [2.75, 3.05) is 6.61 Å². The van der Waals surface area contributed by atoms with Crippen molar-refractivity contribution in [2.45, 2.75) is 32.2 Å². The van der Waals surface area contributed by atoms with Crippen LogP contribution in [0.4, 0.5) is 4.39 Å². The van der Waals surface area contributed by atoms with E-state index in [2.05, 4.69) is 10.4 Å². The molecule has 23 heavy (non-hydrogen) atoms. The van der Waals surface area contributed by atoms with Gasteiger partial charge in [-0.25, -0.2) is 9.07 Å². The number of amides is 1. The molecule has 1 fully saturated rings. The number of carbonyl (C=O) groups excluding carboxylic acids is 1. The van der Waals surface area contributed by atoms with Crippen LogP contribution in [0.15, 0.2) is 30.3 Å². The first kappa shape index (κ1) is 15.7. The van der Waals surface area contributed by atoms with E-state index in [1.807, 2.05) is 13.8 Å². The third kappa shape index (κ3) is 3.12. The van der Waals surface area contributed by atoms with Crippen molar-refractivity contribution in [1.29, 1.82) is 0 Å². The van der Waals surface area contributed by atoms with Crippen molar-refractivity contribution in [2.24, 2.45) is 5.92 Å². The first-order valence-corrected chi connectivity index (χ1v) is 7.69. The number of aromatic nitrogens is 2. The third-order valence-corrected chi connectivity index (χ3v) is 4.40. The van der Waals surface area contributed by atoms with Crippen LogP contribution in [0.2, 0.25) is 0 Å². The summed E-state index contributed by atoms with van der Waals surface area (Å²) >= 11 is 0. The molecule has 2 N–H and O–H groups in total. The molecule has 6 heteroatoms. The second-order valence-corrected chi connectivity index (χ2v) is 6.36. The lowest BCUT2D eigenvalue weighted by molar-refractivity contribution is 0.0819. The molecule has 0 radical (unpaired) electrons. The lowest BCUT2D eigenvalue weighted by atomic mass is 9.97. The van der Waals surface area contributed by atoms with Crippen molar-refractivity contribution in [1.82, 2.24) is 15.1 Å². The summed E-state index contributed by atoms with van der Waals surface area (Å²) in [5.41, 5.74) is 1.14. The number of hydrogen-bond acceptors (Lipinski definition) is 3. The van der Waals surface area contributed by atoms with Gasteiger partial charge in [0.25, 0.3) is 5.91 Å². The van der Waals surface area contributed by atoms with E-state index in [1.54, 1.807) is 22.9 Å².